The molecule has 1 aromatic carbocycles. The van der Waals surface area contributed by atoms with Crippen molar-refractivity contribution < 1.29 is 23.8 Å². The lowest BCUT2D eigenvalue weighted by atomic mass is 10.0. The minimum Gasteiger partial charge on any atom is -0.494 e. The summed E-state index contributed by atoms with van der Waals surface area (Å²) < 4.78 is 18.2. The standard InChI is InChI=1S/C16H20FNO4/c17-12-6-8-13(9-7-12)22-11-3-5-15(19)18-10-2-1-4-14(18)16(20)21/h6-9,14H,1-5,10-11H2,(H,20,21)/t14-/m1/s1. The van der Waals surface area contributed by atoms with Crippen LogP contribution in [-0.4, -0.2) is 41.1 Å². The van der Waals surface area contributed by atoms with E-state index in [1.165, 1.54) is 29.2 Å². The van der Waals surface area contributed by atoms with Crippen LogP contribution in [-0.2, 0) is 9.59 Å². The molecule has 1 aromatic rings. The topological polar surface area (TPSA) is 66.8 Å². The van der Waals surface area contributed by atoms with Crippen molar-refractivity contribution in [3.05, 3.63) is 30.1 Å². The number of nitrogens with zero attached hydrogens (tertiary/aromatic N) is 1. The number of carbonyl (C=O) groups excluding carboxylic acids is 1. The first-order valence-electron chi connectivity index (χ1n) is 7.48. The van der Waals surface area contributed by atoms with Crippen LogP contribution in [0.1, 0.15) is 32.1 Å². The van der Waals surface area contributed by atoms with Crippen molar-refractivity contribution >= 4 is 11.9 Å². The van der Waals surface area contributed by atoms with E-state index in [-0.39, 0.29) is 18.1 Å². The molecular weight excluding hydrogens is 289 g/mol. The summed E-state index contributed by atoms with van der Waals surface area (Å²) in [4.78, 5) is 24.8. The predicted octanol–water partition coefficient (Wildman–Crippen LogP) is 2.45. The van der Waals surface area contributed by atoms with Gasteiger partial charge in [-0.15, -0.1) is 0 Å². The molecule has 1 amide bonds. The summed E-state index contributed by atoms with van der Waals surface area (Å²) in [7, 11) is 0. The molecule has 1 saturated heterocycles. The molecule has 22 heavy (non-hydrogen) atoms. The molecule has 1 N–H and O–H groups in total. The molecule has 0 saturated carbocycles. The van der Waals surface area contributed by atoms with Crippen LogP contribution in [0, 0.1) is 5.82 Å². The molecule has 5 nitrogen and oxygen atoms in total. The quantitative estimate of drug-likeness (QED) is 0.820. The zero-order valence-corrected chi connectivity index (χ0v) is 12.3. The highest BCUT2D eigenvalue weighted by Gasteiger charge is 2.31. The highest BCUT2D eigenvalue weighted by Crippen LogP contribution is 2.19. The van der Waals surface area contributed by atoms with Crippen molar-refractivity contribution in [3.8, 4) is 5.75 Å². The van der Waals surface area contributed by atoms with Gasteiger partial charge in [-0.1, -0.05) is 0 Å². The van der Waals surface area contributed by atoms with E-state index in [2.05, 4.69) is 0 Å². The highest BCUT2D eigenvalue weighted by molar-refractivity contribution is 5.83. The Balaban J connectivity index is 1.74. The molecule has 0 radical (unpaired) electrons. The average Bonchev–Trinajstić information content (AvgIpc) is 2.53. The van der Waals surface area contributed by atoms with Crippen LogP contribution in [0.2, 0.25) is 0 Å². The minimum atomic E-state index is -0.935. The number of ether oxygens (including phenoxy) is 1. The Bertz CT molecular complexity index is 517. The molecule has 1 fully saturated rings. The first kappa shape index (κ1) is 16.3. The average molecular weight is 309 g/mol. The van der Waals surface area contributed by atoms with Crippen LogP contribution in [0.5, 0.6) is 5.75 Å². The number of benzene rings is 1. The van der Waals surface area contributed by atoms with Gasteiger partial charge in [0.1, 0.15) is 17.6 Å². The van der Waals surface area contributed by atoms with Gasteiger partial charge in [0.2, 0.25) is 5.91 Å². The fourth-order valence-electron chi connectivity index (χ4n) is 2.57. The Morgan fingerprint density at radius 3 is 2.68 bits per heavy atom. The summed E-state index contributed by atoms with van der Waals surface area (Å²) in [5.41, 5.74) is 0. The Hall–Kier alpha value is -2.11. The van der Waals surface area contributed by atoms with Crippen LogP contribution in [0.3, 0.4) is 0 Å². The lowest BCUT2D eigenvalue weighted by molar-refractivity contribution is -0.152. The number of aliphatic carboxylic acids is 1. The third kappa shape index (κ3) is 4.44. The molecule has 1 aliphatic rings. The number of hydrogen-bond acceptors (Lipinski definition) is 3. The number of likely N-dealkylation sites (tertiary alicyclic amines) is 1. The molecule has 0 spiro atoms. The fraction of sp³-hybridized carbons (Fsp3) is 0.500. The Labute approximate surface area is 128 Å². The lowest BCUT2D eigenvalue weighted by Gasteiger charge is -2.33. The van der Waals surface area contributed by atoms with Gasteiger partial charge in [0.25, 0.3) is 0 Å². The predicted molar refractivity (Wildman–Crippen MR) is 78.1 cm³/mol. The van der Waals surface area contributed by atoms with Crippen LogP contribution in [0.15, 0.2) is 24.3 Å². The van der Waals surface area contributed by atoms with E-state index in [9.17, 15) is 14.0 Å². The zero-order chi connectivity index (χ0) is 15.9. The van der Waals surface area contributed by atoms with E-state index in [0.29, 0.717) is 31.7 Å². The Morgan fingerprint density at radius 1 is 1.27 bits per heavy atom. The van der Waals surface area contributed by atoms with Gasteiger partial charge >= 0.3 is 5.97 Å². The summed E-state index contributed by atoms with van der Waals surface area (Å²) >= 11 is 0. The Morgan fingerprint density at radius 2 is 2.00 bits per heavy atom. The van der Waals surface area contributed by atoms with Crippen LogP contribution < -0.4 is 4.74 Å². The number of rotatable bonds is 6. The number of carbonyl (C=O) groups is 2. The minimum absolute atomic E-state index is 0.144. The van der Waals surface area contributed by atoms with Crippen molar-refractivity contribution in [2.24, 2.45) is 0 Å². The van der Waals surface area contributed by atoms with E-state index in [1.54, 1.807) is 0 Å². The number of amides is 1. The van der Waals surface area contributed by atoms with Gasteiger partial charge in [0.05, 0.1) is 6.61 Å². The van der Waals surface area contributed by atoms with E-state index >= 15 is 0 Å². The first-order chi connectivity index (χ1) is 10.6. The molecule has 0 aliphatic carbocycles. The largest absolute Gasteiger partial charge is 0.494 e. The van der Waals surface area contributed by atoms with Crippen LogP contribution >= 0.6 is 0 Å². The molecule has 6 heteroatoms. The molecule has 1 atom stereocenters. The van der Waals surface area contributed by atoms with E-state index in [0.717, 1.165) is 12.8 Å². The smallest absolute Gasteiger partial charge is 0.326 e. The summed E-state index contributed by atoms with van der Waals surface area (Å²) in [6.07, 6.45) is 2.97. The maximum atomic E-state index is 12.7. The van der Waals surface area contributed by atoms with Crippen molar-refractivity contribution in [3.63, 3.8) is 0 Å². The van der Waals surface area contributed by atoms with Gasteiger partial charge in [0.15, 0.2) is 0 Å². The number of hydrogen-bond donors (Lipinski definition) is 1. The van der Waals surface area contributed by atoms with Crippen molar-refractivity contribution in [1.82, 2.24) is 4.90 Å². The summed E-state index contributed by atoms with van der Waals surface area (Å²) in [5, 5.41) is 9.15. The molecule has 2 rings (SSSR count). The number of piperidine rings is 1. The molecule has 0 bridgehead atoms. The van der Waals surface area contributed by atoms with E-state index in [4.69, 9.17) is 9.84 Å². The highest BCUT2D eigenvalue weighted by atomic mass is 19.1. The lowest BCUT2D eigenvalue weighted by Crippen LogP contribution is -2.47. The summed E-state index contributed by atoms with van der Waals surface area (Å²) in [6, 6.07) is 4.99. The van der Waals surface area contributed by atoms with Gasteiger partial charge in [-0.25, -0.2) is 9.18 Å². The normalized spacial score (nSPS) is 18.0. The van der Waals surface area contributed by atoms with E-state index in [1.807, 2.05) is 0 Å². The second kappa shape index (κ2) is 7.77. The third-order valence-electron chi connectivity index (χ3n) is 3.73. The number of carboxylic acid groups (broad SMARTS) is 1. The SMILES string of the molecule is O=C(O)[C@H]1CCCCN1C(=O)CCCOc1ccc(F)cc1. The second-order valence-corrected chi connectivity index (χ2v) is 5.34. The van der Waals surface area contributed by atoms with Gasteiger partial charge < -0.3 is 14.7 Å². The molecule has 0 aromatic heterocycles. The van der Waals surface area contributed by atoms with Gasteiger partial charge in [-0.05, 0) is 49.9 Å². The second-order valence-electron chi connectivity index (χ2n) is 5.34. The fourth-order valence-corrected chi connectivity index (χ4v) is 2.57. The van der Waals surface area contributed by atoms with Crippen molar-refractivity contribution in [2.45, 2.75) is 38.1 Å². The maximum absolute atomic E-state index is 12.7. The molecular formula is C16H20FNO4. The van der Waals surface area contributed by atoms with Gasteiger partial charge in [-0.3, -0.25) is 4.79 Å². The van der Waals surface area contributed by atoms with Crippen LogP contribution in [0.25, 0.3) is 0 Å². The molecule has 120 valence electrons. The summed E-state index contributed by atoms with van der Waals surface area (Å²) in [5.74, 6) is -0.854. The van der Waals surface area contributed by atoms with Crippen LogP contribution in [0.4, 0.5) is 4.39 Å². The monoisotopic (exact) mass is 309 g/mol. The summed E-state index contributed by atoms with van der Waals surface area (Å²) in [6.45, 7) is 0.845. The third-order valence-corrected chi connectivity index (χ3v) is 3.73. The molecule has 1 heterocycles. The van der Waals surface area contributed by atoms with E-state index < -0.39 is 12.0 Å². The zero-order valence-electron chi connectivity index (χ0n) is 12.3. The maximum Gasteiger partial charge on any atom is 0.326 e. The van der Waals surface area contributed by atoms with Crippen molar-refractivity contribution in [2.75, 3.05) is 13.2 Å². The number of carboxylic acids is 1. The number of halogens is 1. The molecule has 0 unspecified atom stereocenters. The van der Waals surface area contributed by atoms with Gasteiger partial charge in [0, 0.05) is 13.0 Å². The molecule has 1 aliphatic heterocycles. The Kier molecular flexibility index (Phi) is 5.75. The van der Waals surface area contributed by atoms with Gasteiger partial charge in [-0.2, -0.15) is 0 Å². The first-order valence-corrected chi connectivity index (χ1v) is 7.48. The van der Waals surface area contributed by atoms with Crippen molar-refractivity contribution in [1.29, 1.82) is 0 Å².